The van der Waals surface area contributed by atoms with E-state index in [0.29, 0.717) is 125 Å². The predicted molar refractivity (Wildman–Crippen MR) is 171 cm³/mol. The van der Waals surface area contributed by atoms with Gasteiger partial charge in [0, 0.05) is 19.6 Å². The van der Waals surface area contributed by atoms with Crippen LogP contribution in [0.1, 0.15) is 17.0 Å². The number of hydrogen-bond donors (Lipinski definition) is 1. The number of alkyl carbamates (subject to hydrolysis) is 1. The summed E-state index contributed by atoms with van der Waals surface area (Å²) in [6, 6.07) is 16.5. The highest BCUT2D eigenvalue weighted by Crippen LogP contribution is 2.44. The number of nitrogens with one attached hydrogen (secondary N) is 1. The molecule has 1 aliphatic carbocycles. The summed E-state index contributed by atoms with van der Waals surface area (Å²) in [5.74, 6) is 0.0412. The summed E-state index contributed by atoms with van der Waals surface area (Å²) >= 11 is 0. The number of ether oxygens (including phenoxy) is 10. The molecule has 12 heteroatoms. The fourth-order valence-electron chi connectivity index (χ4n) is 4.66. The van der Waals surface area contributed by atoms with Crippen LogP contribution in [0.2, 0.25) is 0 Å². The minimum Gasteiger partial charge on any atom is -0.449 e. The van der Waals surface area contributed by atoms with Gasteiger partial charge in [-0.25, -0.2) is 4.79 Å². The first-order chi connectivity index (χ1) is 22.8. The van der Waals surface area contributed by atoms with Crippen LogP contribution in [0, 0.1) is 0 Å². The second kappa shape index (κ2) is 25.4. The van der Waals surface area contributed by atoms with Crippen molar-refractivity contribution >= 4 is 6.09 Å². The van der Waals surface area contributed by atoms with Crippen molar-refractivity contribution in [1.82, 2.24) is 5.32 Å². The lowest BCUT2D eigenvalue weighted by Gasteiger charge is -2.14. The average Bonchev–Trinajstić information content (AvgIpc) is 3.40. The maximum Gasteiger partial charge on any atom is 0.407 e. The fraction of sp³-hybridized carbons (Fsp3) is 0.618. The molecular weight excluding hydrogens is 598 g/mol. The topological polar surface area (TPSA) is 121 Å². The van der Waals surface area contributed by atoms with Crippen LogP contribution in [-0.4, -0.2) is 139 Å². The van der Waals surface area contributed by atoms with Crippen molar-refractivity contribution in [2.45, 2.75) is 5.92 Å². The molecule has 0 atom stereocenters. The van der Waals surface area contributed by atoms with E-state index in [2.05, 4.69) is 29.6 Å². The van der Waals surface area contributed by atoms with Gasteiger partial charge >= 0.3 is 6.09 Å². The molecule has 46 heavy (non-hydrogen) atoms. The molecule has 0 saturated heterocycles. The molecule has 0 unspecified atom stereocenters. The van der Waals surface area contributed by atoms with Gasteiger partial charge in [0.25, 0.3) is 0 Å². The van der Waals surface area contributed by atoms with Gasteiger partial charge in [0.15, 0.2) is 0 Å². The number of hydrogen-bond acceptors (Lipinski definition) is 11. The number of rotatable bonds is 29. The number of carbonyl (C=O) groups excluding carboxylic acids is 1. The van der Waals surface area contributed by atoms with Gasteiger partial charge in [0.2, 0.25) is 0 Å². The summed E-state index contributed by atoms with van der Waals surface area (Å²) in [6.07, 6.45) is -0.449. The molecule has 0 bridgehead atoms. The van der Waals surface area contributed by atoms with Gasteiger partial charge in [-0.05, 0) is 22.3 Å². The highest BCUT2D eigenvalue weighted by Gasteiger charge is 2.28. The molecule has 0 aliphatic heterocycles. The second-order valence-electron chi connectivity index (χ2n) is 10.1. The third-order valence-corrected chi connectivity index (χ3v) is 6.90. The van der Waals surface area contributed by atoms with Crippen molar-refractivity contribution in [3.05, 3.63) is 59.7 Å². The first-order valence-electron chi connectivity index (χ1n) is 16.0. The van der Waals surface area contributed by atoms with Crippen molar-refractivity contribution in [2.24, 2.45) is 0 Å². The van der Waals surface area contributed by atoms with Gasteiger partial charge in [0.1, 0.15) is 6.61 Å². The summed E-state index contributed by atoms with van der Waals surface area (Å²) in [6.45, 7) is 9.17. The predicted octanol–water partition coefficient (Wildman–Crippen LogP) is 3.30. The zero-order valence-electron chi connectivity index (χ0n) is 27.1. The zero-order chi connectivity index (χ0) is 32.3. The van der Waals surface area contributed by atoms with E-state index >= 15 is 0 Å². The summed E-state index contributed by atoms with van der Waals surface area (Å²) in [5.41, 5.74) is 4.78. The summed E-state index contributed by atoms with van der Waals surface area (Å²) in [7, 11) is 1.64. The fourth-order valence-corrected chi connectivity index (χ4v) is 4.66. The Morgan fingerprint density at radius 3 is 1.26 bits per heavy atom. The van der Waals surface area contributed by atoms with Gasteiger partial charge in [-0.15, -0.1) is 0 Å². The third-order valence-electron chi connectivity index (χ3n) is 6.90. The first-order valence-corrected chi connectivity index (χ1v) is 16.0. The zero-order valence-corrected chi connectivity index (χ0v) is 27.1. The van der Waals surface area contributed by atoms with E-state index in [1.165, 1.54) is 22.3 Å². The number of carbonyl (C=O) groups is 1. The first kappa shape index (κ1) is 37.8. The minimum absolute atomic E-state index is 0.0412. The Hall–Kier alpha value is -2.65. The largest absolute Gasteiger partial charge is 0.449 e. The SMILES string of the molecule is COCCOCCOCCOCCOCCOCCOCCOCCOCCNC(=O)OCC1c2ccccc2-c2ccccc21. The highest BCUT2D eigenvalue weighted by molar-refractivity contribution is 5.79. The summed E-state index contributed by atoms with van der Waals surface area (Å²) < 4.78 is 54.0. The Morgan fingerprint density at radius 1 is 0.522 bits per heavy atom. The molecule has 0 fully saturated rings. The van der Waals surface area contributed by atoms with Crippen LogP contribution in [0.3, 0.4) is 0 Å². The van der Waals surface area contributed by atoms with E-state index in [4.69, 9.17) is 47.4 Å². The number of benzene rings is 2. The van der Waals surface area contributed by atoms with E-state index in [0.717, 1.165) is 0 Å². The van der Waals surface area contributed by atoms with E-state index in [1.54, 1.807) is 7.11 Å². The molecule has 3 rings (SSSR count). The minimum atomic E-state index is -0.449. The standard InChI is InChI=1S/C34H51NO11/c1-37-12-13-39-16-17-41-20-21-43-24-25-45-27-26-44-23-22-42-19-18-40-15-14-38-11-10-35-34(36)46-28-33-31-8-4-2-6-29(31)30-7-3-5-9-32(30)33/h2-9,33H,10-28H2,1H3,(H,35,36). The van der Waals surface area contributed by atoms with Crippen LogP contribution in [0.5, 0.6) is 0 Å². The van der Waals surface area contributed by atoms with Crippen molar-refractivity contribution in [3.63, 3.8) is 0 Å². The van der Waals surface area contributed by atoms with E-state index < -0.39 is 6.09 Å². The Morgan fingerprint density at radius 2 is 0.870 bits per heavy atom. The lowest BCUT2D eigenvalue weighted by molar-refractivity contribution is -0.0242. The molecule has 0 radical (unpaired) electrons. The summed E-state index contributed by atoms with van der Waals surface area (Å²) in [5, 5.41) is 2.74. The summed E-state index contributed by atoms with van der Waals surface area (Å²) in [4.78, 5) is 12.2. The highest BCUT2D eigenvalue weighted by atomic mass is 16.6. The van der Waals surface area contributed by atoms with Crippen LogP contribution in [0.15, 0.2) is 48.5 Å². The van der Waals surface area contributed by atoms with Crippen LogP contribution < -0.4 is 5.32 Å². The lowest BCUT2D eigenvalue weighted by Crippen LogP contribution is -2.29. The molecule has 2 aromatic carbocycles. The van der Waals surface area contributed by atoms with Crippen LogP contribution in [-0.2, 0) is 47.4 Å². The van der Waals surface area contributed by atoms with E-state index in [1.807, 2.05) is 24.3 Å². The second-order valence-corrected chi connectivity index (χ2v) is 10.1. The number of amides is 1. The molecule has 258 valence electrons. The van der Waals surface area contributed by atoms with E-state index in [9.17, 15) is 4.79 Å². The van der Waals surface area contributed by atoms with Crippen molar-refractivity contribution in [3.8, 4) is 11.1 Å². The number of methoxy groups -OCH3 is 1. The quantitative estimate of drug-likeness (QED) is 0.131. The van der Waals surface area contributed by atoms with Crippen molar-refractivity contribution in [1.29, 1.82) is 0 Å². The van der Waals surface area contributed by atoms with Crippen LogP contribution >= 0.6 is 0 Å². The average molecular weight is 650 g/mol. The van der Waals surface area contributed by atoms with Gasteiger partial charge in [0.05, 0.1) is 112 Å². The van der Waals surface area contributed by atoms with Gasteiger partial charge in [-0.2, -0.15) is 0 Å². The molecule has 12 nitrogen and oxygen atoms in total. The van der Waals surface area contributed by atoms with Gasteiger partial charge in [-0.3, -0.25) is 0 Å². The maximum absolute atomic E-state index is 12.2. The maximum atomic E-state index is 12.2. The Labute approximate surface area is 272 Å². The monoisotopic (exact) mass is 649 g/mol. The molecule has 0 heterocycles. The smallest absolute Gasteiger partial charge is 0.407 e. The Kier molecular flexibility index (Phi) is 20.9. The van der Waals surface area contributed by atoms with Crippen LogP contribution in [0.4, 0.5) is 4.79 Å². The van der Waals surface area contributed by atoms with E-state index in [-0.39, 0.29) is 5.92 Å². The van der Waals surface area contributed by atoms with Crippen LogP contribution in [0.25, 0.3) is 11.1 Å². The Balaban J connectivity index is 1.00. The van der Waals surface area contributed by atoms with Crippen molar-refractivity contribution < 1.29 is 52.2 Å². The molecule has 1 amide bonds. The molecule has 0 saturated carbocycles. The lowest BCUT2D eigenvalue weighted by atomic mass is 9.98. The molecule has 1 N–H and O–H groups in total. The van der Waals surface area contributed by atoms with Crippen molar-refractivity contribution in [2.75, 3.05) is 133 Å². The van der Waals surface area contributed by atoms with Gasteiger partial charge < -0.3 is 52.7 Å². The molecular formula is C34H51NO11. The number of fused-ring (bicyclic) bond motifs is 3. The normalized spacial score (nSPS) is 12.3. The molecule has 2 aromatic rings. The third kappa shape index (κ3) is 15.8. The van der Waals surface area contributed by atoms with Gasteiger partial charge in [-0.1, -0.05) is 48.5 Å². The Bertz CT molecular complexity index is 1010. The molecule has 0 spiro atoms. The molecule has 1 aliphatic rings. The molecule has 0 aromatic heterocycles.